The van der Waals surface area contributed by atoms with Crippen LogP contribution in [0.3, 0.4) is 0 Å². The Bertz CT molecular complexity index is 1100. The Morgan fingerprint density at radius 1 is 1.19 bits per heavy atom. The Kier molecular flexibility index (Phi) is 6.70. The van der Waals surface area contributed by atoms with Gasteiger partial charge in [-0.25, -0.2) is 0 Å². The van der Waals surface area contributed by atoms with Crippen LogP contribution in [-0.4, -0.2) is 52.3 Å². The molecule has 8 heteroatoms. The van der Waals surface area contributed by atoms with Gasteiger partial charge in [-0.2, -0.15) is 0 Å². The molecule has 1 aromatic carbocycles. The van der Waals surface area contributed by atoms with Gasteiger partial charge in [0.2, 0.25) is 0 Å². The molecule has 0 unspecified atom stereocenters. The van der Waals surface area contributed by atoms with Crippen molar-refractivity contribution in [2.75, 3.05) is 26.7 Å². The van der Waals surface area contributed by atoms with E-state index in [1.54, 1.807) is 20.1 Å². The van der Waals surface area contributed by atoms with Crippen molar-refractivity contribution in [2.24, 2.45) is 0 Å². The zero-order valence-corrected chi connectivity index (χ0v) is 18.8. The Hall–Kier alpha value is -3.39. The lowest BCUT2D eigenvalue weighted by molar-refractivity contribution is 0.0948. The van der Waals surface area contributed by atoms with E-state index in [4.69, 9.17) is 9.15 Å². The van der Waals surface area contributed by atoms with Crippen LogP contribution in [0.25, 0.3) is 6.08 Å². The number of aryl methyl sites for hydroxylation is 2. The smallest absolute Gasteiger partial charge is 0.255 e. The molecule has 0 atom stereocenters. The highest BCUT2D eigenvalue weighted by molar-refractivity contribution is 5.95. The van der Waals surface area contributed by atoms with Crippen LogP contribution < -0.4 is 10.1 Å². The molecule has 1 aliphatic heterocycles. The lowest BCUT2D eigenvalue weighted by Crippen LogP contribution is -2.28. The molecular weight excluding hydrogens is 406 g/mol. The summed E-state index contributed by atoms with van der Waals surface area (Å²) in [5, 5.41) is 11.6. The molecule has 32 heavy (non-hydrogen) atoms. The average molecular weight is 436 g/mol. The van der Waals surface area contributed by atoms with E-state index in [2.05, 4.69) is 37.1 Å². The Morgan fingerprint density at radius 2 is 2.00 bits per heavy atom. The van der Waals surface area contributed by atoms with Gasteiger partial charge in [0.05, 0.1) is 19.2 Å². The minimum Gasteiger partial charge on any atom is -0.497 e. The van der Waals surface area contributed by atoms with Crippen LogP contribution in [0.5, 0.6) is 5.75 Å². The number of fused-ring (bicyclic) bond motifs is 1. The third-order valence-corrected chi connectivity index (χ3v) is 5.68. The number of methoxy groups -OCH3 is 1. The number of hydrogen-bond donors (Lipinski definition) is 1. The fraction of sp³-hybridized carbons (Fsp3) is 0.375. The summed E-state index contributed by atoms with van der Waals surface area (Å²) in [6.07, 6.45) is 5.15. The van der Waals surface area contributed by atoms with Crippen molar-refractivity contribution in [3.05, 3.63) is 70.7 Å². The van der Waals surface area contributed by atoms with E-state index in [0.717, 1.165) is 61.3 Å². The fourth-order valence-electron chi connectivity index (χ4n) is 3.90. The molecule has 0 spiro atoms. The van der Waals surface area contributed by atoms with Crippen molar-refractivity contribution in [3.63, 3.8) is 0 Å². The van der Waals surface area contributed by atoms with Crippen LogP contribution in [0.15, 0.2) is 40.8 Å². The van der Waals surface area contributed by atoms with E-state index in [1.165, 1.54) is 0 Å². The number of hydrogen-bond acceptors (Lipinski definition) is 6. The van der Waals surface area contributed by atoms with Gasteiger partial charge in [-0.3, -0.25) is 9.69 Å². The zero-order chi connectivity index (χ0) is 22.5. The predicted molar refractivity (Wildman–Crippen MR) is 122 cm³/mol. The number of carbonyl (C=O) groups is 1. The molecule has 0 fully saturated rings. The minimum absolute atomic E-state index is 0.157. The largest absolute Gasteiger partial charge is 0.497 e. The number of furan rings is 1. The van der Waals surface area contributed by atoms with Crippen LogP contribution in [-0.2, 0) is 19.5 Å². The summed E-state index contributed by atoms with van der Waals surface area (Å²) < 4.78 is 12.8. The van der Waals surface area contributed by atoms with Crippen LogP contribution in [0.2, 0.25) is 0 Å². The van der Waals surface area contributed by atoms with E-state index < -0.39 is 0 Å². The molecule has 1 aliphatic rings. The number of nitrogens with one attached hydrogen (secondary N) is 1. The summed E-state index contributed by atoms with van der Waals surface area (Å²) in [5.41, 5.74) is 1.71. The second kappa shape index (κ2) is 9.82. The highest BCUT2D eigenvalue weighted by Gasteiger charge is 2.19. The first-order valence-electron chi connectivity index (χ1n) is 10.8. The second-order valence-corrected chi connectivity index (χ2v) is 7.92. The van der Waals surface area contributed by atoms with Crippen LogP contribution in [0.1, 0.15) is 39.1 Å². The standard InChI is InChI=1S/C24H29N5O3/c1-17-15-21(18(2)32-17)24(30)25-16-23-27-26-22-10-12-28(13-14-29(22)23)11-4-5-19-6-8-20(31-3)9-7-19/h4-9,15H,10-14,16H2,1-3H3,(H,25,30)/b5-4+. The lowest BCUT2D eigenvalue weighted by atomic mass is 10.2. The maximum Gasteiger partial charge on any atom is 0.255 e. The summed E-state index contributed by atoms with van der Waals surface area (Å²) in [7, 11) is 1.67. The summed E-state index contributed by atoms with van der Waals surface area (Å²) in [6.45, 7) is 7.46. The molecule has 0 saturated carbocycles. The van der Waals surface area contributed by atoms with Crippen LogP contribution in [0, 0.1) is 13.8 Å². The summed E-state index contributed by atoms with van der Waals surface area (Å²) >= 11 is 0. The molecule has 1 amide bonds. The first-order valence-corrected chi connectivity index (χ1v) is 10.8. The fourth-order valence-corrected chi connectivity index (χ4v) is 3.90. The Balaban J connectivity index is 1.31. The quantitative estimate of drug-likeness (QED) is 0.614. The third-order valence-electron chi connectivity index (χ3n) is 5.68. The molecule has 0 saturated heterocycles. The first kappa shape index (κ1) is 21.8. The number of aromatic nitrogens is 3. The molecule has 3 heterocycles. The van der Waals surface area contributed by atoms with E-state index in [-0.39, 0.29) is 5.91 Å². The second-order valence-electron chi connectivity index (χ2n) is 7.92. The van der Waals surface area contributed by atoms with Gasteiger partial charge in [0.25, 0.3) is 5.91 Å². The van der Waals surface area contributed by atoms with Gasteiger partial charge in [0.15, 0.2) is 5.82 Å². The van der Waals surface area contributed by atoms with Gasteiger partial charge in [-0.1, -0.05) is 24.3 Å². The molecule has 0 radical (unpaired) electrons. The highest BCUT2D eigenvalue weighted by Crippen LogP contribution is 2.15. The van der Waals surface area contributed by atoms with Gasteiger partial charge < -0.3 is 19.0 Å². The molecule has 0 aliphatic carbocycles. The van der Waals surface area contributed by atoms with Crippen molar-refractivity contribution in [2.45, 2.75) is 33.4 Å². The topological polar surface area (TPSA) is 85.4 Å². The van der Waals surface area contributed by atoms with E-state index in [0.29, 0.717) is 17.9 Å². The average Bonchev–Trinajstić information content (AvgIpc) is 3.28. The van der Waals surface area contributed by atoms with Crippen molar-refractivity contribution in [1.82, 2.24) is 25.0 Å². The van der Waals surface area contributed by atoms with E-state index >= 15 is 0 Å². The lowest BCUT2D eigenvalue weighted by Gasteiger charge is -2.17. The number of carbonyl (C=O) groups excluding carboxylic acids is 1. The minimum atomic E-state index is -0.157. The van der Waals surface area contributed by atoms with E-state index in [1.807, 2.05) is 31.2 Å². The van der Waals surface area contributed by atoms with Crippen molar-refractivity contribution in [1.29, 1.82) is 0 Å². The zero-order valence-electron chi connectivity index (χ0n) is 18.8. The third kappa shape index (κ3) is 5.08. The summed E-state index contributed by atoms with van der Waals surface area (Å²) in [6, 6.07) is 9.78. The van der Waals surface area contributed by atoms with Crippen LogP contribution in [0.4, 0.5) is 0 Å². The highest BCUT2D eigenvalue weighted by atomic mass is 16.5. The number of nitrogens with zero attached hydrogens (tertiary/aromatic N) is 4. The van der Waals surface area contributed by atoms with Gasteiger partial charge >= 0.3 is 0 Å². The van der Waals surface area contributed by atoms with Gasteiger partial charge in [-0.15, -0.1) is 10.2 Å². The van der Waals surface area contributed by atoms with E-state index in [9.17, 15) is 4.79 Å². The molecule has 8 nitrogen and oxygen atoms in total. The van der Waals surface area contributed by atoms with Gasteiger partial charge in [-0.05, 0) is 37.6 Å². The number of amides is 1. The Morgan fingerprint density at radius 3 is 2.72 bits per heavy atom. The predicted octanol–water partition coefficient (Wildman–Crippen LogP) is 3.00. The molecular formula is C24H29N5O3. The van der Waals surface area contributed by atoms with Gasteiger partial charge in [0.1, 0.15) is 23.1 Å². The van der Waals surface area contributed by atoms with Crippen molar-refractivity contribution >= 4 is 12.0 Å². The molecule has 1 N–H and O–H groups in total. The van der Waals surface area contributed by atoms with Crippen molar-refractivity contribution < 1.29 is 13.9 Å². The number of ether oxygens (including phenoxy) is 1. The number of rotatable bonds is 7. The van der Waals surface area contributed by atoms with Crippen molar-refractivity contribution in [3.8, 4) is 5.75 Å². The molecule has 2 aromatic heterocycles. The molecule has 168 valence electrons. The monoisotopic (exact) mass is 435 g/mol. The first-order chi connectivity index (χ1) is 15.5. The summed E-state index contributed by atoms with van der Waals surface area (Å²) in [4.78, 5) is 14.9. The number of benzene rings is 1. The SMILES string of the molecule is COc1ccc(/C=C/CN2CCc3nnc(CNC(=O)c4cc(C)oc4C)n3CC2)cc1. The Labute approximate surface area is 187 Å². The maximum atomic E-state index is 12.5. The molecule has 4 rings (SSSR count). The molecule has 3 aromatic rings. The van der Waals surface area contributed by atoms with Crippen LogP contribution >= 0.6 is 0 Å². The maximum absolute atomic E-state index is 12.5. The summed E-state index contributed by atoms with van der Waals surface area (Å²) in [5.74, 6) is 3.80. The molecule has 0 bridgehead atoms. The normalized spacial score (nSPS) is 14.3. The van der Waals surface area contributed by atoms with Gasteiger partial charge in [0, 0.05) is 32.6 Å².